The summed E-state index contributed by atoms with van der Waals surface area (Å²) < 4.78 is 4.93. The minimum Gasteiger partial charge on any atom is -0.504 e. The minimum absolute atomic E-state index is 0.00827. The van der Waals surface area contributed by atoms with Crippen LogP contribution in [0, 0.1) is 5.92 Å². The topological polar surface area (TPSA) is 66.8 Å². The van der Waals surface area contributed by atoms with E-state index in [4.69, 9.17) is 4.74 Å². The molecule has 0 aliphatic heterocycles. The zero-order valence-corrected chi connectivity index (χ0v) is 9.60. The molecule has 1 rings (SSSR count). The molecule has 0 radical (unpaired) electrons. The number of aliphatic hydroxyl groups excluding tert-OH is 1. The van der Waals surface area contributed by atoms with E-state index in [1.165, 1.54) is 26.2 Å². The van der Waals surface area contributed by atoms with Crippen molar-refractivity contribution in [3.05, 3.63) is 23.8 Å². The fourth-order valence-electron chi connectivity index (χ4n) is 1.39. The van der Waals surface area contributed by atoms with E-state index in [2.05, 4.69) is 0 Å². The van der Waals surface area contributed by atoms with Crippen LogP contribution in [0.2, 0.25) is 0 Å². The zero-order valence-electron chi connectivity index (χ0n) is 9.60. The molecule has 0 aliphatic carbocycles. The third kappa shape index (κ3) is 2.52. The largest absolute Gasteiger partial charge is 0.504 e. The first kappa shape index (κ1) is 12.5. The number of aromatic hydroxyl groups is 1. The number of hydrogen-bond acceptors (Lipinski definition) is 4. The Hall–Kier alpha value is -1.55. The highest BCUT2D eigenvalue weighted by atomic mass is 16.5. The van der Waals surface area contributed by atoms with Crippen LogP contribution in [0.1, 0.15) is 25.5 Å². The summed E-state index contributed by atoms with van der Waals surface area (Å²) in [4.78, 5) is 11.1. The molecule has 0 saturated heterocycles. The number of carbonyl (C=O) groups is 1. The average molecular weight is 224 g/mol. The Kier molecular flexibility index (Phi) is 3.90. The average Bonchev–Trinajstić information content (AvgIpc) is 2.27. The van der Waals surface area contributed by atoms with Crippen molar-refractivity contribution in [1.29, 1.82) is 0 Å². The van der Waals surface area contributed by atoms with E-state index in [9.17, 15) is 15.0 Å². The lowest BCUT2D eigenvalue weighted by Gasteiger charge is -2.17. The highest BCUT2D eigenvalue weighted by molar-refractivity contribution is 5.78. The standard InChI is InChI=1S/C12H16O4/c1-7(8(2)13)12(15)9-4-5-10(14)11(6-9)16-3/h4-7,12,14-15H,1-3H3/t7-,12-/m0/s1. The van der Waals surface area contributed by atoms with Gasteiger partial charge in [-0.25, -0.2) is 0 Å². The third-order valence-corrected chi connectivity index (χ3v) is 2.66. The van der Waals surface area contributed by atoms with Crippen molar-refractivity contribution in [3.8, 4) is 11.5 Å². The van der Waals surface area contributed by atoms with Crippen LogP contribution < -0.4 is 4.74 Å². The lowest BCUT2D eigenvalue weighted by molar-refractivity contribution is -0.123. The minimum atomic E-state index is -0.882. The van der Waals surface area contributed by atoms with Crippen molar-refractivity contribution < 1.29 is 19.7 Å². The van der Waals surface area contributed by atoms with E-state index in [0.29, 0.717) is 5.56 Å². The first-order valence-electron chi connectivity index (χ1n) is 5.02. The molecule has 1 aromatic carbocycles. The Bertz CT molecular complexity index is 387. The van der Waals surface area contributed by atoms with Crippen LogP contribution in [0.15, 0.2) is 18.2 Å². The monoisotopic (exact) mass is 224 g/mol. The van der Waals surface area contributed by atoms with Gasteiger partial charge < -0.3 is 14.9 Å². The lowest BCUT2D eigenvalue weighted by atomic mass is 9.94. The predicted molar refractivity (Wildman–Crippen MR) is 59.5 cm³/mol. The summed E-state index contributed by atoms with van der Waals surface area (Å²) in [7, 11) is 1.43. The predicted octanol–water partition coefficient (Wildman–Crippen LogP) is 1.66. The second-order valence-corrected chi connectivity index (χ2v) is 3.78. The molecular formula is C12H16O4. The first-order valence-corrected chi connectivity index (χ1v) is 5.02. The molecule has 0 amide bonds. The van der Waals surface area contributed by atoms with Crippen LogP contribution in [0.25, 0.3) is 0 Å². The van der Waals surface area contributed by atoms with Gasteiger partial charge in [0.05, 0.1) is 13.2 Å². The Balaban J connectivity index is 3.00. The molecule has 0 heterocycles. The van der Waals surface area contributed by atoms with Crippen molar-refractivity contribution in [2.75, 3.05) is 7.11 Å². The highest BCUT2D eigenvalue weighted by Gasteiger charge is 2.21. The fourth-order valence-corrected chi connectivity index (χ4v) is 1.39. The molecule has 0 bridgehead atoms. The van der Waals surface area contributed by atoms with Crippen molar-refractivity contribution in [2.45, 2.75) is 20.0 Å². The summed E-state index contributed by atoms with van der Waals surface area (Å²) in [5.41, 5.74) is 0.553. The summed E-state index contributed by atoms with van der Waals surface area (Å²) in [5.74, 6) is -0.268. The smallest absolute Gasteiger partial charge is 0.160 e. The summed E-state index contributed by atoms with van der Waals surface area (Å²) in [5, 5.41) is 19.3. The van der Waals surface area contributed by atoms with Gasteiger partial charge >= 0.3 is 0 Å². The van der Waals surface area contributed by atoms with Crippen molar-refractivity contribution >= 4 is 5.78 Å². The van der Waals surface area contributed by atoms with E-state index >= 15 is 0 Å². The molecule has 4 nitrogen and oxygen atoms in total. The van der Waals surface area contributed by atoms with Gasteiger partial charge in [0.1, 0.15) is 5.78 Å². The van der Waals surface area contributed by atoms with E-state index in [0.717, 1.165) is 0 Å². The summed E-state index contributed by atoms with van der Waals surface area (Å²) in [6.07, 6.45) is -0.882. The van der Waals surface area contributed by atoms with Gasteiger partial charge in [0.25, 0.3) is 0 Å². The van der Waals surface area contributed by atoms with Gasteiger partial charge in [-0.2, -0.15) is 0 Å². The van der Waals surface area contributed by atoms with E-state index < -0.39 is 12.0 Å². The van der Waals surface area contributed by atoms with E-state index in [1.807, 2.05) is 0 Å². The Labute approximate surface area is 94.5 Å². The Morgan fingerprint density at radius 3 is 2.56 bits per heavy atom. The number of aliphatic hydroxyl groups is 1. The van der Waals surface area contributed by atoms with Gasteiger partial charge in [-0.1, -0.05) is 13.0 Å². The number of benzene rings is 1. The van der Waals surface area contributed by atoms with Crippen molar-refractivity contribution in [1.82, 2.24) is 0 Å². The maximum Gasteiger partial charge on any atom is 0.160 e. The number of ether oxygens (including phenoxy) is 1. The maximum absolute atomic E-state index is 11.1. The summed E-state index contributed by atoms with van der Waals surface area (Å²) >= 11 is 0. The van der Waals surface area contributed by atoms with Gasteiger partial charge in [0.15, 0.2) is 11.5 Å². The number of rotatable bonds is 4. The SMILES string of the molecule is COc1cc([C@@H](O)[C@@H](C)C(C)=O)ccc1O. The van der Waals surface area contributed by atoms with Gasteiger partial charge in [0.2, 0.25) is 0 Å². The molecular weight excluding hydrogens is 208 g/mol. The maximum atomic E-state index is 11.1. The molecule has 4 heteroatoms. The Morgan fingerprint density at radius 1 is 1.44 bits per heavy atom. The van der Waals surface area contributed by atoms with Crippen LogP contribution in [-0.2, 0) is 4.79 Å². The van der Waals surface area contributed by atoms with Crippen LogP contribution in [0.5, 0.6) is 11.5 Å². The third-order valence-electron chi connectivity index (χ3n) is 2.66. The number of hydrogen-bond donors (Lipinski definition) is 2. The van der Waals surface area contributed by atoms with E-state index in [1.54, 1.807) is 13.0 Å². The number of ketones is 1. The van der Waals surface area contributed by atoms with Crippen LogP contribution in [0.4, 0.5) is 0 Å². The molecule has 0 fully saturated rings. The molecule has 0 spiro atoms. The molecule has 0 unspecified atom stereocenters. The summed E-state index contributed by atoms with van der Waals surface area (Å²) in [6.45, 7) is 3.10. The van der Waals surface area contributed by atoms with Crippen molar-refractivity contribution in [2.24, 2.45) is 5.92 Å². The number of phenols is 1. The number of phenolic OH excluding ortho intramolecular Hbond substituents is 1. The molecule has 2 N–H and O–H groups in total. The van der Waals surface area contributed by atoms with Gasteiger partial charge in [-0.15, -0.1) is 0 Å². The second-order valence-electron chi connectivity index (χ2n) is 3.78. The van der Waals surface area contributed by atoms with Crippen LogP contribution in [0.3, 0.4) is 0 Å². The van der Waals surface area contributed by atoms with E-state index in [-0.39, 0.29) is 17.3 Å². The van der Waals surface area contributed by atoms with Gasteiger partial charge in [0, 0.05) is 5.92 Å². The highest BCUT2D eigenvalue weighted by Crippen LogP contribution is 2.31. The quantitative estimate of drug-likeness (QED) is 0.816. The molecule has 0 aromatic heterocycles. The van der Waals surface area contributed by atoms with Crippen molar-refractivity contribution in [3.63, 3.8) is 0 Å². The van der Waals surface area contributed by atoms with Gasteiger partial charge in [-0.3, -0.25) is 4.79 Å². The molecule has 1 aromatic rings. The number of methoxy groups -OCH3 is 1. The van der Waals surface area contributed by atoms with Crippen LogP contribution in [-0.4, -0.2) is 23.1 Å². The molecule has 88 valence electrons. The number of carbonyl (C=O) groups excluding carboxylic acids is 1. The zero-order chi connectivity index (χ0) is 12.3. The summed E-state index contributed by atoms with van der Waals surface area (Å²) in [6, 6.07) is 4.53. The number of Topliss-reactive ketones (excluding diaryl/α,β-unsaturated/α-hetero) is 1. The molecule has 0 aliphatic rings. The van der Waals surface area contributed by atoms with Gasteiger partial charge in [-0.05, 0) is 24.6 Å². The second kappa shape index (κ2) is 4.99. The Morgan fingerprint density at radius 2 is 2.06 bits per heavy atom. The normalized spacial score (nSPS) is 14.2. The molecule has 0 saturated carbocycles. The first-order chi connectivity index (χ1) is 7.47. The van der Waals surface area contributed by atoms with Crippen LogP contribution >= 0.6 is 0 Å². The fraction of sp³-hybridized carbons (Fsp3) is 0.417. The molecule has 2 atom stereocenters. The molecule has 16 heavy (non-hydrogen) atoms. The lowest BCUT2D eigenvalue weighted by Crippen LogP contribution is -2.16.